The average molecular weight is 409 g/mol. The molecule has 142 valence electrons. The van der Waals surface area contributed by atoms with Gasteiger partial charge in [0.1, 0.15) is 0 Å². The minimum absolute atomic E-state index is 0.111. The maximum absolute atomic E-state index is 13.3. The zero-order valence-electron chi connectivity index (χ0n) is 15.8. The van der Waals surface area contributed by atoms with E-state index in [-0.39, 0.29) is 11.8 Å². The Labute approximate surface area is 174 Å². The van der Waals surface area contributed by atoms with Crippen molar-refractivity contribution in [3.05, 3.63) is 64.6 Å². The molecule has 0 aliphatic carbocycles. The summed E-state index contributed by atoms with van der Waals surface area (Å²) in [4.78, 5) is 30.3. The first-order valence-corrected chi connectivity index (χ1v) is 10.5. The van der Waals surface area contributed by atoms with Crippen molar-refractivity contribution >= 4 is 57.1 Å². The Hall–Kier alpha value is -2.44. The third-order valence-electron chi connectivity index (χ3n) is 5.01. The van der Waals surface area contributed by atoms with Crippen LogP contribution in [0.3, 0.4) is 0 Å². The van der Waals surface area contributed by atoms with Gasteiger partial charge in [-0.15, -0.1) is 0 Å². The first kappa shape index (κ1) is 18.9. The molecule has 2 aromatic rings. The highest BCUT2D eigenvalue weighted by molar-refractivity contribution is 8.27. The van der Waals surface area contributed by atoms with E-state index >= 15 is 0 Å². The zero-order valence-corrected chi connectivity index (χ0v) is 17.4. The van der Waals surface area contributed by atoms with Gasteiger partial charge in [-0.25, -0.2) is 0 Å². The third kappa shape index (κ3) is 2.97. The Morgan fingerprint density at radius 2 is 1.64 bits per heavy atom. The number of thiocarbonyl (C=S) groups is 1. The first-order chi connectivity index (χ1) is 13.5. The molecule has 2 aliphatic heterocycles. The lowest BCUT2D eigenvalue weighted by Crippen LogP contribution is -2.30. The number of unbranched alkanes of at least 4 members (excludes halogenated alkanes) is 1. The molecule has 2 aromatic carbocycles. The van der Waals surface area contributed by atoms with Gasteiger partial charge in [0, 0.05) is 12.1 Å². The molecular weight excluding hydrogens is 388 g/mol. The van der Waals surface area contributed by atoms with Gasteiger partial charge in [-0.05, 0) is 31.0 Å². The van der Waals surface area contributed by atoms with Gasteiger partial charge >= 0.3 is 0 Å². The second-order valence-corrected chi connectivity index (χ2v) is 8.47. The molecule has 0 unspecified atom stereocenters. The monoisotopic (exact) mass is 408 g/mol. The number of amides is 2. The van der Waals surface area contributed by atoms with E-state index in [4.69, 9.17) is 12.2 Å². The summed E-state index contributed by atoms with van der Waals surface area (Å²) >= 11 is 6.73. The number of nitrogens with zero attached hydrogens (tertiary/aromatic N) is 2. The first-order valence-electron chi connectivity index (χ1n) is 9.32. The summed E-state index contributed by atoms with van der Waals surface area (Å²) in [7, 11) is 0. The molecule has 2 heterocycles. The highest BCUT2D eigenvalue weighted by atomic mass is 32.2. The maximum Gasteiger partial charge on any atom is 0.271 e. The quantitative estimate of drug-likeness (QED) is 0.532. The highest BCUT2D eigenvalue weighted by Crippen LogP contribution is 2.45. The normalized spacial score (nSPS) is 19.0. The summed E-state index contributed by atoms with van der Waals surface area (Å²) in [5.41, 5.74) is 3.89. The van der Waals surface area contributed by atoms with E-state index in [1.165, 1.54) is 11.8 Å². The number of fused-ring (bicyclic) bond motifs is 1. The van der Waals surface area contributed by atoms with Crippen molar-refractivity contribution < 1.29 is 9.59 Å². The summed E-state index contributed by atoms with van der Waals surface area (Å²) in [5.74, 6) is -0.334. The van der Waals surface area contributed by atoms with Crippen LogP contribution in [0.2, 0.25) is 0 Å². The average Bonchev–Trinajstić information content (AvgIpc) is 3.13. The highest BCUT2D eigenvalue weighted by Gasteiger charge is 2.42. The minimum atomic E-state index is -0.222. The molecule has 1 fully saturated rings. The second-order valence-electron chi connectivity index (χ2n) is 6.83. The predicted octanol–water partition coefficient (Wildman–Crippen LogP) is 4.92. The number of carbonyl (C=O) groups is 2. The van der Waals surface area contributed by atoms with Crippen LogP contribution in [0, 0.1) is 6.92 Å². The van der Waals surface area contributed by atoms with Gasteiger partial charge in [-0.3, -0.25) is 14.5 Å². The topological polar surface area (TPSA) is 40.6 Å². The molecule has 0 bridgehead atoms. The van der Waals surface area contributed by atoms with Crippen molar-refractivity contribution in [1.29, 1.82) is 0 Å². The molecule has 0 atom stereocenters. The van der Waals surface area contributed by atoms with Crippen LogP contribution in [-0.2, 0) is 9.59 Å². The molecule has 0 saturated carbocycles. The van der Waals surface area contributed by atoms with Gasteiger partial charge in [0.25, 0.3) is 11.8 Å². The van der Waals surface area contributed by atoms with Gasteiger partial charge in [-0.2, -0.15) is 0 Å². The molecule has 0 spiro atoms. The SMILES string of the molecule is CCCCN1C(=O)C(=C2SC(=S)N(c3ccccc3C)C2=O)c2ccccc21. The maximum atomic E-state index is 13.3. The van der Waals surface area contributed by atoms with E-state index in [2.05, 4.69) is 6.92 Å². The van der Waals surface area contributed by atoms with E-state index in [0.29, 0.717) is 21.3 Å². The van der Waals surface area contributed by atoms with Crippen LogP contribution in [0.15, 0.2) is 53.4 Å². The van der Waals surface area contributed by atoms with Gasteiger partial charge in [0.05, 0.1) is 21.9 Å². The number of rotatable bonds is 4. The summed E-state index contributed by atoms with van der Waals surface area (Å²) < 4.78 is 0.457. The predicted molar refractivity (Wildman–Crippen MR) is 119 cm³/mol. The lowest BCUT2D eigenvalue weighted by molar-refractivity contribution is -0.115. The van der Waals surface area contributed by atoms with Crippen LogP contribution in [-0.4, -0.2) is 22.7 Å². The van der Waals surface area contributed by atoms with E-state index in [1.807, 2.05) is 55.5 Å². The van der Waals surface area contributed by atoms with E-state index in [0.717, 1.165) is 35.3 Å². The van der Waals surface area contributed by atoms with E-state index in [1.54, 1.807) is 9.80 Å². The number of hydrogen-bond donors (Lipinski definition) is 0. The van der Waals surface area contributed by atoms with Gasteiger partial charge in [0.2, 0.25) is 0 Å². The summed E-state index contributed by atoms with van der Waals surface area (Å²) in [6.45, 7) is 4.69. The van der Waals surface area contributed by atoms with E-state index < -0.39 is 0 Å². The molecule has 0 N–H and O–H groups in total. The molecule has 2 amide bonds. The number of carbonyl (C=O) groups excluding carboxylic acids is 2. The molecule has 28 heavy (non-hydrogen) atoms. The van der Waals surface area contributed by atoms with Crippen LogP contribution in [0.4, 0.5) is 11.4 Å². The number of hydrogen-bond acceptors (Lipinski definition) is 4. The smallest absolute Gasteiger partial charge is 0.271 e. The van der Waals surface area contributed by atoms with Crippen molar-refractivity contribution in [3.8, 4) is 0 Å². The van der Waals surface area contributed by atoms with E-state index in [9.17, 15) is 9.59 Å². The number of anilines is 2. The number of para-hydroxylation sites is 2. The Bertz CT molecular complexity index is 1030. The van der Waals surface area contributed by atoms with Crippen molar-refractivity contribution in [1.82, 2.24) is 0 Å². The van der Waals surface area contributed by atoms with Gasteiger partial charge < -0.3 is 4.90 Å². The van der Waals surface area contributed by atoms with Crippen LogP contribution in [0.25, 0.3) is 5.57 Å². The molecular formula is C22H20N2O2S2. The summed E-state index contributed by atoms with van der Waals surface area (Å²) in [6.07, 6.45) is 1.91. The van der Waals surface area contributed by atoms with Crippen molar-refractivity contribution in [2.45, 2.75) is 26.7 Å². The van der Waals surface area contributed by atoms with Gasteiger partial charge in [-0.1, -0.05) is 73.7 Å². The van der Waals surface area contributed by atoms with Crippen LogP contribution in [0.1, 0.15) is 30.9 Å². The van der Waals surface area contributed by atoms with Crippen molar-refractivity contribution in [2.75, 3.05) is 16.3 Å². The molecule has 4 nitrogen and oxygen atoms in total. The van der Waals surface area contributed by atoms with Crippen LogP contribution < -0.4 is 9.80 Å². The number of benzene rings is 2. The third-order valence-corrected chi connectivity index (χ3v) is 6.38. The van der Waals surface area contributed by atoms with Crippen molar-refractivity contribution in [2.24, 2.45) is 0 Å². The largest absolute Gasteiger partial charge is 0.308 e. The minimum Gasteiger partial charge on any atom is -0.308 e. The standard InChI is InChI=1S/C22H20N2O2S2/c1-3-4-13-23-17-12-8-6-10-15(17)18(20(23)25)19-21(26)24(22(27)28-19)16-11-7-5-9-14(16)2/h5-12H,3-4,13H2,1-2H3. The summed E-state index contributed by atoms with van der Waals surface area (Å²) in [6, 6.07) is 15.3. The molecule has 0 radical (unpaired) electrons. The molecule has 1 saturated heterocycles. The Morgan fingerprint density at radius 1 is 0.964 bits per heavy atom. The lowest BCUT2D eigenvalue weighted by Gasteiger charge is -2.17. The van der Waals surface area contributed by atoms with Crippen molar-refractivity contribution in [3.63, 3.8) is 0 Å². The Kier molecular flexibility index (Phi) is 5.08. The Morgan fingerprint density at radius 3 is 2.36 bits per heavy atom. The Balaban J connectivity index is 1.81. The molecule has 6 heteroatoms. The number of aryl methyl sites for hydroxylation is 1. The molecule has 2 aliphatic rings. The number of thioether (sulfide) groups is 1. The summed E-state index contributed by atoms with van der Waals surface area (Å²) in [5, 5.41) is 0. The fourth-order valence-electron chi connectivity index (χ4n) is 3.58. The second kappa shape index (κ2) is 7.53. The zero-order chi connectivity index (χ0) is 19.8. The van der Waals surface area contributed by atoms with Crippen LogP contribution >= 0.6 is 24.0 Å². The molecule has 0 aromatic heterocycles. The fourth-order valence-corrected chi connectivity index (χ4v) is 4.94. The van der Waals surface area contributed by atoms with Gasteiger partial charge in [0.15, 0.2) is 4.32 Å². The van der Waals surface area contributed by atoms with Crippen LogP contribution in [0.5, 0.6) is 0 Å². The lowest BCUT2D eigenvalue weighted by atomic mass is 10.1. The molecule has 4 rings (SSSR count). The fraction of sp³-hybridized carbons (Fsp3) is 0.227.